The van der Waals surface area contributed by atoms with Gasteiger partial charge in [0, 0.05) is 32.7 Å². The number of carbonyl (C=O) groups is 3. The summed E-state index contributed by atoms with van der Waals surface area (Å²) >= 11 is 8.84. The Morgan fingerprint density at radius 2 is 1.66 bits per heavy atom. The van der Waals surface area contributed by atoms with Crippen molar-refractivity contribution in [1.82, 2.24) is 10.3 Å². The number of halogens is 2. The number of aromatic nitrogens is 1. The van der Waals surface area contributed by atoms with Crippen LogP contribution in [0, 0.1) is 5.82 Å². The van der Waals surface area contributed by atoms with Crippen LogP contribution in [0.4, 0.5) is 15.2 Å². The summed E-state index contributed by atoms with van der Waals surface area (Å²) in [5.74, 6) is -1.41. The molecule has 0 radical (unpaired) electrons. The van der Waals surface area contributed by atoms with Crippen molar-refractivity contribution in [3.63, 3.8) is 0 Å². The number of nitrogens with one attached hydrogen (secondary N) is 3. The van der Waals surface area contributed by atoms with E-state index in [2.05, 4.69) is 20.9 Å². The van der Waals surface area contributed by atoms with Crippen LogP contribution in [-0.2, 0) is 9.59 Å². The van der Waals surface area contributed by atoms with Gasteiger partial charge in [-0.3, -0.25) is 14.4 Å². The van der Waals surface area contributed by atoms with Crippen molar-refractivity contribution in [3.05, 3.63) is 130 Å². The number of amides is 3. The minimum absolute atomic E-state index is 0.0412. The summed E-state index contributed by atoms with van der Waals surface area (Å²) in [6, 6.07) is 26.8. The van der Waals surface area contributed by atoms with E-state index in [4.69, 9.17) is 16.3 Å². The number of carbonyl (C=O) groups excluding carboxylic acids is 3. The summed E-state index contributed by atoms with van der Waals surface area (Å²) in [6.07, 6.45) is 1.19. The standard InChI is InChI=1S/C35H28ClFN4O4S2/c1-21(32(42)41-35-40-30(20-46-35)25-11-6-7-14-31(25)45-2)47-24-17-15-23(16-18-24)38-34(44)29(19-26-27(36)12-8-13-28(26)37)39-33(43)22-9-4-3-5-10-22/h3-21H,1-2H3,(H,38,44)(H,39,43)(H,40,41,42)/b29-19-. The Morgan fingerprint density at radius 1 is 0.936 bits per heavy atom. The van der Waals surface area contributed by atoms with Crippen LogP contribution >= 0.6 is 34.7 Å². The topological polar surface area (TPSA) is 109 Å². The van der Waals surface area contributed by atoms with Gasteiger partial charge in [-0.25, -0.2) is 9.37 Å². The lowest BCUT2D eigenvalue weighted by Gasteiger charge is -2.13. The third kappa shape index (κ3) is 8.64. The van der Waals surface area contributed by atoms with E-state index in [1.807, 2.05) is 29.6 Å². The number of thiazole rings is 1. The van der Waals surface area contributed by atoms with E-state index in [1.54, 1.807) is 68.6 Å². The lowest BCUT2D eigenvalue weighted by Crippen LogP contribution is -2.30. The Hall–Kier alpha value is -4.97. The maximum Gasteiger partial charge on any atom is 0.272 e. The van der Waals surface area contributed by atoms with Gasteiger partial charge >= 0.3 is 0 Å². The molecule has 1 aromatic heterocycles. The number of rotatable bonds is 11. The molecular weight excluding hydrogens is 659 g/mol. The predicted molar refractivity (Wildman–Crippen MR) is 186 cm³/mol. The van der Waals surface area contributed by atoms with Crippen molar-refractivity contribution < 1.29 is 23.5 Å². The van der Waals surface area contributed by atoms with Crippen LogP contribution in [0.25, 0.3) is 17.3 Å². The second-order valence-corrected chi connectivity index (χ2v) is 12.7. The Labute approximate surface area is 284 Å². The normalized spacial score (nSPS) is 11.8. The van der Waals surface area contributed by atoms with E-state index in [9.17, 15) is 18.8 Å². The molecule has 8 nitrogen and oxygen atoms in total. The molecule has 3 amide bonds. The molecule has 5 rings (SSSR count). The van der Waals surface area contributed by atoms with Gasteiger partial charge in [-0.1, -0.05) is 48.0 Å². The Bertz CT molecular complexity index is 1910. The van der Waals surface area contributed by atoms with Gasteiger partial charge in [-0.15, -0.1) is 23.1 Å². The number of hydrogen-bond donors (Lipinski definition) is 3. The molecule has 1 atom stereocenters. The quantitative estimate of drug-likeness (QED) is 0.0956. The first-order chi connectivity index (χ1) is 22.7. The van der Waals surface area contributed by atoms with Gasteiger partial charge in [-0.2, -0.15) is 0 Å². The fourth-order valence-electron chi connectivity index (χ4n) is 4.33. The van der Waals surface area contributed by atoms with Crippen molar-refractivity contribution in [2.45, 2.75) is 17.1 Å². The lowest BCUT2D eigenvalue weighted by atomic mass is 10.1. The van der Waals surface area contributed by atoms with E-state index in [1.165, 1.54) is 47.4 Å². The van der Waals surface area contributed by atoms with Gasteiger partial charge in [0.05, 0.1) is 23.1 Å². The molecule has 0 aliphatic rings. The second kappa shape index (κ2) is 15.5. The molecule has 0 aliphatic heterocycles. The van der Waals surface area contributed by atoms with Crippen LogP contribution < -0.4 is 20.7 Å². The number of nitrogens with zero attached hydrogens (tertiary/aromatic N) is 1. The zero-order valence-electron chi connectivity index (χ0n) is 25.1. The lowest BCUT2D eigenvalue weighted by molar-refractivity contribution is -0.115. The van der Waals surface area contributed by atoms with Crippen molar-refractivity contribution in [1.29, 1.82) is 0 Å². The molecule has 5 aromatic rings. The number of anilines is 2. The van der Waals surface area contributed by atoms with Gasteiger partial charge in [0.15, 0.2) is 5.13 Å². The van der Waals surface area contributed by atoms with Gasteiger partial charge < -0.3 is 20.7 Å². The average molecular weight is 687 g/mol. The molecule has 0 fully saturated rings. The van der Waals surface area contributed by atoms with Crippen LogP contribution in [0.2, 0.25) is 5.02 Å². The van der Waals surface area contributed by atoms with Gasteiger partial charge in [0.2, 0.25) is 5.91 Å². The SMILES string of the molecule is COc1ccccc1-c1csc(NC(=O)C(C)Sc2ccc(NC(=O)/C(=C/c3c(F)cccc3Cl)NC(=O)c3ccccc3)cc2)n1. The zero-order valence-corrected chi connectivity index (χ0v) is 27.5. The minimum Gasteiger partial charge on any atom is -0.496 e. The molecule has 12 heteroatoms. The molecule has 1 unspecified atom stereocenters. The highest BCUT2D eigenvalue weighted by molar-refractivity contribution is 8.00. The zero-order chi connectivity index (χ0) is 33.3. The van der Waals surface area contributed by atoms with E-state index in [0.717, 1.165) is 10.5 Å². The molecule has 0 aliphatic carbocycles. The van der Waals surface area contributed by atoms with Crippen molar-refractivity contribution in [3.8, 4) is 17.0 Å². The first-order valence-electron chi connectivity index (χ1n) is 14.2. The number of thioether (sulfide) groups is 1. The van der Waals surface area contributed by atoms with Gasteiger partial charge in [0.25, 0.3) is 11.8 Å². The smallest absolute Gasteiger partial charge is 0.272 e. The Morgan fingerprint density at radius 3 is 2.38 bits per heavy atom. The monoisotopic (exact) mass is 686 g/mol. The maximum absolute atomic E-state index is 14.6. The van der Waals surface area contributed by atoms with Crippen LogP contribution in [-0.4, -0.2) is 35.1 Å². The van der Waals surface area contributed by atoms with Crippen molar-refractivity contribution in [2.24, 2.45) is 0 Å². The molecule has 4 aromatic carbocycles. The Kier molecular flexibility index (Phi) is 11.0. The van der Waals surface area contributed by atoms with Crippen LogP contribution in [0.5, 0.6) is 5.75 Å². The number of ether oxygens (including phenoxy) is 1. The number of benzene rings is 4. The van der Waals surface area contributed by atoms with Gasteiger partial charge in [-0.05, 0) is 73.7 Å². The number of para-hydroxylation sites is 1. The Balaban J connectivity index is 1.23. The first kappa shape index (κ1) is 33.4. The summed E-state index contributed by atoms with van der Waals surface area (Å²) in [7, 11) is 1.60. The van der Waals surface area contributed by atoms with Crippen LogP contribution in [0.15, 0.2) is 113 Å². The van der Waals surface area contributed by atoms with Crippen LogP contribution in [0.3, 0.4) is 0 Å². The van der Waals surface area contributed by atoms with Crippen molar-refractivity contribution in [2.75, 3.05) is 17.7 Å². The third-order valence-corrected chi connectivity index (χ3v) is 8.93. The number of methoxy groups -OCH3 is 1. The highest BCUT2D eigenvalue weighted by atomic mass is 35.5. The molecule has 0 saturated carbocycles. The minimum atomic E-state index is -0.683. The summed E-state index contributed by atoms with van der Waals surface area (Å²) < 4.78 is 20.0. The molecular formula is C35H28ClFN4O4S2. The summed E-state index contributed by atoms with van der Waals surface area (Å²) in [5, 5.41) is 10.1. The predicted octanol–water partition coefficient (Wildman–Crippen LogP) is 8.14. The fourth-order valence-corrected chi connectivity index (χ4v) is 6.12. The molecule has 3 N–H and O–H groups in total. The van der Waals surface area contributed by atoms with E-state index in [-0.39, 0.29) is 22.2 Å². The largest absolute Gasteiger partial charge is 0.496 e. The first-order valence-corrected chi connectivity index (χ1v) is 16.4. The maximum atomic E-state index is 14.6. The highest BCUT2D eigenvalue weighted by Crippen LogP contribution is 2.33. The molecule has 0 bridgehead atoms. The summed E-state index contributed by atoms with van der Waals surface area (Å²) in [6.45, 7) is 1.78. The molecule has 238 valence electrons. The van der Waals surface area contributed by atoms with E-state index < -0.39 is 22.9 Å². The fraction of sp³-hybridized carbons (Fsp3) is 0.0857. The second-order valence-electron chi connectivity index (χ2n) is 9.98. The average Bonchev–Trinajstić information content (AvgIpc) is 3.55. The van der Waals surface area contributed by atoms with E-state index in [0.29, 0.717) is 27.8 Å². The molecule has 1 heterocycles. The number of hydrogen-bond acceptors (Lipinski definition) is 7. The molecule has 47 heavy (non-hydrogen) atoms. The van der Waals surface area contributed by atoms with Crippen LogP contribution in [0.1, 0.15) is 22.8 Å². The summed E-state index contributed by atoms with van der Waals surface area (Å²) in [4.78, 5) is 44.5. The summed E-state index contributed by atoms with van der Waals surface area (Å²) in [5.41, 5.74) is 2.03. The highest BCUT2D eigenvalue weighted by Gasteiger charge is 2.19. The van der Waals surface area contributed by atoms with Gasteiger partial charge in [0.1, 0.15) is 17.3 Å². The third-order valence-electron chi connectivity index (χ3n) is 6.73. The molecule has 0 spiro atoms. The van der Waals surface area contributed by atoms with E-state index >= 15 is 0 Å². The van der Waals surface area contributed by atoms with Crippen molar-refractivity contribution >= 4 is 69.3 Å². The molecule has 0 saturated heterocycles.